The Morgan fingerprint density at radius 3 is 2.50 bits per heavy atom. The first kappa shape index (κ1) is 14.5. The molecule has 100 valence electrons. The van der Waals surface area contributed by atoms with E-state index in [2.05, 4.69) is 0 Å². The normalized spacial score (nSPS) is 11.2. The monoisotopic (exact) mass is 273 g/mol. The standard InChI is InChI=1S/C10H16N3O4P/c11-18(12,17)13-10(16)3-1-2-7-4-5-8(14)9(15)6-7/h4-6,14-15H,1-3H2,(H5,11,12,13,16,17). The van der Waals surface area contributed by atoms with Crippen LogP contribution in [0.15, 0.2) is 18.2 Å². The van der Waals surface area contributed by atoms with Crippen molar-refractivity contribution in [3.05, 3.63) is 23.8 Å². The van der Waals surface area contributed by atoms with E-state index in [0.29, 0.717) is 12.8 Å². The number of nitrogens with one attached hydrogen (secondary N) is 1. The average molecular weight is 273 g/mol. The molecule has 0 fully saturated rings. The minimum atomic E-state index is -3.52. The molecule has 0 unspecified atom stereocenters. The van der Waals surface area contributed by atoms with Gasteiger partial charge in [-0.15, -0.1) is 0 Å². The van der Waals surface area contributed by atoms with Crippen molar-refractivity contribution >= 4 is 13.5 Å². The molecular weight excluding hydrogens is 257 g/mol. The Kier molecular flexibility index (Phi) is 4.72. The fourth-order valence-electron chi connectivity index (χ4n) is 1.43. The highest BCUT2D eigenvalue weighted by molar-refractivity contribution is 7.57. The third-order valence-corrected chi connectivity index (χ3v) is 2.81. The molecule has 0 atom stereocenters. The van der Waals surface area contributed by atoms with Crippen molar-refractivity contribution in [3.63, 3.8) is 0 Å². The van der Waals surface area contributed by atoms with Crippen LogP contribution in [0.25, 0.3) is 0 Å². The number of hydrogen-bond acceptors (Lipinski definition) is 4. The van der Waals surface area contributed by atoms with E-state index < -0.39 is 13.5 Å². The number of phenols is 2. The maximum atomic E-state index is 11.2. The Hall–Kier alpha value is -1.56. The van der Waals surface area contributed by atoms with E-state index in [1.807, 2.05) is 5.09 Å². The van der Waals surface area contributed by atoms with Gasteiger partial charge in [0.2, 0.25) is 5.91 Å². The Balaban J connectivity index is 2.40. The van der Waals surface area contributed by atoms with E-state index in [-0.39, 0.29) is 17.9 Å². The Morgan fingerprint density at radius 1 is 1.28 bits per heavy atom. The molecule has 0 saturated heterocycles. The number of aromatic hydroxyl groups is 2. The predicted molar refractivity (Wildman–Crippen MR) is 66.8 cm³/mol. The quantitative estimate of drug-likeness (QED) is 0.392. The highest BCUT2D eigenvalue weighted by atomic mass is 31.2. The summed E-state index contributed by atoms with van der Waals surface area (Å²) in [6.07, 6.45) is 1.14. The summed E-state index contributed by atoms with van der Waals surface area (Å²) in [7, 11) is -3.52. The first-order valence-electron chi connectivity index (χ1n) is 5.27. The lowest BCUT2D eigenvalue weighted by Gasteiger charge is -2.08. The molecule has 0 aliphatic carbocycles. The van der Waals surface area contributed by atoms with Gasteiger partial charge >= 0.3 is 0 Å². The third-order valence-electron chi connectivity index (χ3n) is 2.21. The lowest BCUT2D eigenvalue weighted by atomic mass is 10.1. The molecule has 0 saturated carbocycles. The highest BCUT2D eigenvalue weighted by Crippen LogP contribution is 2.25. The summed E-state index contributed by atoms with van der Waals surface area (Å²) in [6, 6.07) is 4.44. The first-order valence-corrected chi connectivity index (χ1v) is 7.11. The van der Waals surface area contributed by atoms with Gasteiger partial charge < -0.3 is 10.2 Å². The smallest absolute Gasteiger partial charge is 0.300 e. The maximum absolute atomic E-state index is 11.2. The van der Waals surface area contributed by atoms with Crippen molar-refractivity contribution < 1.29 is 19.6 Å². The second-order valence-corrected chi connectivity index (χ2v) is 5.56. The van der Waals surface area contributed by atoms with Crippen LogP contribution in [-0.2, 0) is 15.8 Å². The summed E-state index contributed by atoms with van der Waals surface area (Å²) in [5.74, 6) is -0.875. The number of benzene rings is 1. The summed E-state index contributed by atoms with van der Waals surface area (Å²) in [6.45, 7) is 0. The van der Waals surface area contributed by atoms with Crippen LogP contribution in [0, 0.1) is 0 Å². The van der Waals surface area contributed by atoms with Crippen LogP contribution in [0.3, 0.4) is 0 Å². The van der Waals surface area contributed by atoms with Crippen LogP contribution in [0.4, 0.5) is 0 Å². The van der Waals surface area contributed by atoms with Gasteiger partial charge in [-0.25, -0.2) is 0 Å². The molecule has 1 rings (SSSR count). The largest absolute Gasteiger partial charge is 0.504 e. The number of rotatable bonds is 5. The van der Waals surface area contributed by atoms with Gasteiger partial charge in [0.05, 0.1) is 0 Å². The molecule has 1 aromatic rings. The molecule has 0 spiro atoms. The van der Waals surface area contributed by atoms with Crippen LogP contribution in [0.2, 0.25) is 0 Å². The number of amides is 1. The van der Waals surface area contributed by atoms with Crippen molar-refractivity contribution in [2.24, 2.45) is 11.0 Å². The van der Waals surface area contributed by atoms with Gasteiger partial charge in [0, 0.05) is 6.42 Å². The van der Waals surface area contributed by atoms with Gasteiger partial charge in [0.15, 0.2) is 11.5 Å². The van der Waals surface area contributed by atoms with Gasteiger partial charge in [-0.05, 0) is 30.5 Å². The van der Waals surface area contributed by atoms with Crippen molar-refractivity contribution in [1.29, 1.82) is 0 Å². The molecule has 18 heavy (non-hydrogen) atoms. The Morgan fingerprint density at radius 2 is 1.94 bits per heavy atom. The first-order chi connectivity index (χ1) is 8.28. The molecule has 0 aliphatic heterocycles. The van der Waals surface area contributed by atoms with E-state index >= 15 is 0 Å². The van der Waals surface area contributed by atoms with Crippen molar-refractivity contribution in [2.75, 3.05) is 0 Å². The van der Waals surface area contributed by atoms with Gasteiger partial charge in [-0.2, -0.15) is 0 Å². The van der Waals surface area contributed by atoms with Crippen LogP contribution in [0.1, 0.15) is 18.4 Å². The summed E-state index contributed by atoms with van der Waals surface area (Å²) < 4.78 is 10.9. The van der Waals surface area contributed by atoms with Crippen molar-refractivity contribution in [3.8, 4) is 11.5 Å². The van der Waals surface area contributed by atoms with E-state index in [0.717, 1.165) is 5.56 Å². The summed E-state index contributed by atoms with van der Waals surface area (Å²) >= 11 is 0. The number of hydrogen-bond donors (Lipinski definition) is 5. The van der Waals surface area contributed by atoms with E-state index in [4.69, 9.17) is 16.1 Å². The molecule has 0 heterocycles. The zero-order valence-corrected chi connectivity index (χ0v) is 10.6. The Labute approximate surface area is 104 Å². The lowest BCUT2D eigenvalue weighted by Crippen LogP contribution is -2.28. The summed E-state index contributed by atoms with van der Waals surface area (Å²) in [5.41, 5.74) is 10.8. The fourth-order valence-corrected chi connectivity index (χ4v) is 1.93. The average Bonchev–Trinajstić information content (AvgIpc) is 2.20. The number of aryl methyl sites for hydroxylation is 1. The zero-order chi connectivity index (χ0) is 13.8. The van der Waals surface area contributed by atoms with Crippen LogP contribution in [0.5, 0.6) is 11.5 Å². The molecule has 0 radical (unpaired) electrons. The molecule has 0 bridgehead atoms. The molecule has 0 aliphatic rings. The van der Waals surface area contributed by atoms with Crippen LogP contribution in [-0.4, -0.2) is 16.1 Å². The number of nitrogens with two attached hydrogens (primary N) is 2. The molecule has 1 amide bonds. The van der Waals surface area contributed by atoms with Gasteiger partial charge in [0.1, 0.15) is 0 Å². The zero-order valence-electron chi connectivity index (χ0n) is 9.67. The summed E-state index contributed by atoms with van der Waals surface area (Å²) in [5, 5.41) is 20.4. The van der Waals surface area contributed by atoms with E-state index in [9.17, 15) is 14.5 Å². The van der Waals surface area contributed by atoms with E-state index in [1.165, 1.54) is 12.1 Å². The predicted octanol–water partition coefficient (Wildman–Crippen LogP) is 0.562. The number of carbonyl (C=O) groups is 1. The highest BCUT2D eigenvalue weighted by Gasteiger charge is 2.12. The molecule has 0 aromatic heterocycles. The molecule has 7 nitrogen and oxygen atoms in total. The summed E-state index contributed by atoms with van der Waals surface area (Å²) in [4.78, 5) is 11.2. The topological polar surface area (TPSA) is 139 Å². The van der Waals surface area contributed by atoms with Crippen molar-refractivity contribution in [2.45, 2.75) is 19.3 Å². The molecule has 8 heteroatoms. The van der Waals surface area contributed by atoms with Gasteiger partial charge in [-0.3, -0.25) is 25.5 Å². The molecule has 7 N–H and O–H groups in total. The second kappa shape index (κ2) is 5.86. The molecular formula is C10H16N3O4P. The Bertz CT molecular complexity index is 486. The van der Waals surface area contributed by atoms with Crippen LogP contribution < -0.4 is 16.1 Å². The van der Waals surface area contributed by atoms with Crippen LogP contribution >= 0.6 is 7.59 Å². The third kappa shape index (κ3) is 5.18. The minimum Gasteiger partial charge on any atom is -0.504 e. The fraction of sp³-hybridized carbons (Fsp3) is 0.300. The van der Waals surface area contributed by atoms with Crippen molar-refractivity contribution in [1.82, 2.24) is 5.09 Å². The van der Waals surface area contributed by atoms with E-state index in [1.54, 1.807) is 6.07 Å². The van der Waals surface area contributed by atoms with Gasteiger partial charge in [-0.1, -0.05) is 6.07 Å². The maximum Gasteiger partial charge on any atom is 0.300 e. The molecule has 1 aromatic carbocycles. The number of phenolic OH excluding ortho intramolecular Hbond substituents is 2. The van der Waals surface area contributed by atoms with Gasteiger partial charge in [0.25, 0.3) is 7.59 Å². The second-order valence-electron chi connectivity index (χ2n) is 3.92. The lowest BCUT2D eigenvalue weighted by molar-refractivity contribution is -0.119. The minimum absolute atomic E-state index is 0.125. The number of carbonyl (C=O) groups excluding carboxylic acids is 1. The SMILES string of the molecule is NP(N)(=O)NC(=O)CCCc1ccc(O)c(O)c1.